The fourth-order valence-electron chi connectivity index (χ4n) is 1.13. The average Bonchev–Trinajstić information content (AvgIpc) is 2.30. The van der Waals surface area contributed by atoms with Gasteiger partial charge in [0.05, 0.1) is 10.6 Å². The van der Waals surface area contributed by atoms with Crippen LogP contribution in [0.15, 0.2) is 18.2 Å². The SMILES string of the molecule is CCN(C)C(=O)Nc1ccc(Cl)c(C(=O)O)c1. The van der Waals surface area contributed by atoms with Crippen LogP contribution in [0.4, 0.5) is 10.5 Å². The van der Waals surface area contributed by atoms with Crippen LogP contribution in [0.2, 0.25) is 5.02 Å². The molecule has 0 radical (unpaired) electrons. The lowest BCUT2D eigenvalue weighted by atomic mass is 10.2. The fraction of sp³-hybridized carbons (Fsp3) is 0.273. The smallest absolute Gasteiger partial charge is 0.337 e. The summed E-state index contributed by atoms with van der Waals surface area (Å²) in [7, 11) is 1.64. The van der Waals surface area contributed by atoms with Crippen LogP contribution >= 0.6 is 11.6 Å². The highest BCUT2D eigenvalue weighted by Crippen LogP contribution is 2.20. The fourth-order valence-corrected chi connectivity index (χ4v) is 1.33. The highest BCUT2D eigenvalue weighted by Gasteiger charge is 2.11. The Labute approximate surface area is 104 Å². The van der Waals surface area contributed by atoms with Crippen molar-refractivity contribution < 1.29 is 14.7 Å². The second kappa shape index (κ2) is 5.54. The van der Waals surface area contributed by atoms with Crippen LogP contribution in [-0.4, -0.2) is 35.6 Å². The van der Waals surface area contributed by atoms with E-state index in [0.29, 0.717) is 12.2 Å². The lowest BCUT2D eigenvalue weighted by molar-refractivity contribution is 0.0697. The van der Waals surface area contributed by atoms with Crippen LogP contribution in [0.1, 0.15) is 17.3 Å². The first kappa shape index (κ1) is 13.3. The second-order valence-corrected chi connectivity index (χ2v) is 3.85. The van der Waals surface area contributed by atoms with Crippen molar-refractivity contribution in [3.63, 3.8) is 0 Å². The van der Waals surface area contributed by atoms with Gasteiger partial charge in [0.1, 0.15) is 0 Å². The zero-order valence-electron chi connectivity index (χ0n) is 9.53. The number of aromatic carboxylic acids is 1. The van der Waals surface area contributed by atoms with E-state index in [2.05, 4.69) is 5.32 Å². The Bertz CT molecular complexity index is 448. The maximum atomic E-state index is 11.5. The van der Waals surface area contributed by atoms with E-state index in [9.17, 15) is 9.59 Å². The number of carboxylic acids is 1. The molecule has 2 amide bonds. The summed E-state index contributed by atoms with van der Waals surface area (Å²) in [4.78, 5) is 23.9. The summed E-state index contributed by atoms with van der Waals surface area (Å²) >= 11 is 5.71. The van der Waals surface area contributed by atoms with Crippen LogP contribution in [0.25, 0.3) is 0 Å². The number of nitrogens with one attached hydrogen (secondary N) is 1. The first-order valence-corrected chi connectivity index (χ1v) is 5.38. The molecular weight excluding hydrogens is 244 g/mol. The maximum absolute atomic E-state index is 11.5. The van der Waals surface area contributed by atoms with Gasteiger partial charge in [-0.15, -0.1) is 0 Å². The predicted octanol–water partition coefficient (Wildman–Crippen LogP) is 2.52. The van der Waals surface area contributed by atoms with E-state index in [0.717, 1.165) is 0 Å². The molecule has 6 heteroatoms. The van der Waals surface area contributed by atoms with Gasteiger partial charge in [-0.25, -0.2) is 9.59 Å². The molecule has 1 aromatic rings. The molecule has 0 saturated heterocycles. The summed E-state index contributed by atoms with van der Waals surface area (Å²) in [6.45, 7) is 2.40. The zero-order chi connectivity index (χ0) is 13.0. The topological polar surface area (TPSA) is 69.6 Å². The van der Waals surface area contributed by atoms with Crippen molar-refractivity contribution in [3.8, 4) is 0 Å². The Morgan fingerprint density at radius 3 is 2.65 bits per heavy atom. The van der Waals surface area contributed by atoms with E-state index < -0.39 is 5.97 Å². The molecule has 0 saturated carbocycles. The predicted molar refractivity (Wildman–Crippen MR) is 65.7 cm³/mol. The molecule has 92 valence electrons. The lowest BCUT2D eigenvalue weighted by Crippen LogP contribution is -2.30. The highest BCUT2D eigenvalue weighted by molar-refractivity contribution is 6.33. The van der Waals surface area contributed by atoms with Gasteiger partial charge in [-0.2, -0.15) is 0 Å². The number of halogens is 1. The second-order valence-electron chi connectivity index (χ2n) is 3.44. The Hall–Kier alpha value is -1.75. The van der Waals surface area contributed by atoms with E-state index in [1.54, 1.807) is 13.1 Å². The van der Waals surface area contributed by atoms with Crippen molar-refractivity contribution in [1.82, 2.24) is 4.90 Å². The first-order valence-electron chi connectivity index (χ1n) is 5.00. The van der Waals surface area contributed by atoms with Gasteiger partial charge < -0.3 is 15.3 Å². The number of carboxylic acid groups (broad SMARTS) is 1. The largest absolute Gasteiger partial charge is 0.478 e. The monoisotopic (exact) mass is 256 g/mol. The van der Waals surface area contributed by atoms with Crippen molar-refractivity contribution in [3.05, 3.63) is 28.8 Å². The summed E-state index contributed by atoms with van der Waals surface area (Å²) in [6, 6.07) is 4.01. The molecule has 0 aliphatic heterocycles. The third-order valence-electron chi connectivity index (χ3n) is 2.27. The molecule has 0 bridgehead atoms. The number of anilines is 1. The van der Waals surface area contributed by atoms with Crippen LogP contribution in [0.5, 0.6) is 0 Å². The molecule has 0 atom stereocenters. The first-order chi connectivity index (χ1) is 7.95. The van der Waals surface area contributed by atoms with Gasteiger partial charge in [0, 0.05) is 19.3 Å². The van der Waals surface area contributed by atoms with Gasteiger partial charge in [-0.05, 0) is 25.1 Å². The number of hydrogen-bond acceptors (Lipinski definition) is 2. The normalized spacial score (nSPS) is 9.82. The van der Waals surface area contributed by atoms with E-state index in [1.807, 2.05) is 6.92 Å². The van der Waals surface area contributed by atoms with Gasteiger partial charge in [0.15, 0.2) is 0 Å². The minimum atomic E-state index is -1.13. The zero-order valence-corrected chi connectivity index (χ0v) is 10.3. The van der Waals surface area contributed by atoms with Crippen molar-refractivity contribution >= 4 is 29.3 Å². The van der Waals surface area contributed by atoms with Gasteiger partial charge >= 0.3 is 12.0 Å². The van der Waals surface area contributed by atoms with Crippen LogP contribution in [-0.2, 0) is 0 Å². The Morgan fingerprint density at radius 2 is 2.12 bits per heavy atom. The minimum Gasteiger partial charge on any atom is -0.478 e. The third-order valence-corrected chi connectivity index (χ3v) is 2.60. The third kappa shape index (κ3) is 3.35. The number of urea groups is 1. The van der Waals surface area contributed by atoms with Crippen molar-refractivity contribution in [1.29, 1.82) is 0 Å². The lowest BCUT2D eigenvalue weighted by Gasteiger charge is -2.15. The van der Waals surface area contributed by atoms with E-state index >= 15 is 0 Å². The molecule has 1 rings (SSSR count). The number of amides is 2. The number of benzene rings is 1. The molecule has 1 aromatic carbocycles. The average molecular weight is 257 g/mol. The van der Waals surface area contributed by atoms with Gasteiger partial charge in [0.2, 0.25) is 0 Å². The summed E-state index contributed by atoms with van der Waals surface area (Å²) in [6.07, 6.45) is 0. The molecule has 0 spiro atoms. The summed E-state index contributed by atoms with van der Waals surface area (Å²) in [5.74, 6) is -1.13. The van der Waals surface area contributed by atoms with Gasteiger partial charge in [0.25, 0.3) is 0 Å². The molecule has 0 fully saturated rings. The Morgan fingerprint density at radius 1 is 1.47 bits per heavy atom. The molecule has 0 aliphatic carbocycles. The maximum Gasteiger partial charge on any atom is 0.337 e. The molecule has 0 unspecified atom stereocenters. The van der Waals surface area contributed by atoms with E-state index in [4.69, 9.17) is 16.7 Å². The standard InChI is InChI=1S/C11H13ClN2O3/c1-3-14(2)11(17)13-7-4-5-9(12)8(6-7)10(15)16/h4-6H,3H2,1-2H3,(H,13,17)(H,15,16). The summed E-state index contributed by atoms with van der Waals surface area (Å²) in [5, 5.41) is 11.6. The summed E-state index contributed by atoms with van der Waals surface area (Å²) < 4.78 is 0. The number of carbonyl (C=O) groups excluding carboxylic acids is 1. The molecule has 5 nitrogen and oxygen atoms in total. The number of nitrogens with zero attached hydrogens (tertiary/aromatic N) is 1. The Balaban J connectivity index is 2.90. The Kier molecular flexibility index (Phi) is 4.34. The van der Waals surface area contributed by atoms with Crippen LogP contribution < -0.4 is 5.32 Å². The number of hydrogen-bond donors (Lipinski definition) is 2. The van der Waals surface area contributed by atoms with Crippen molar-refractivity contribution in [2.24, 2.45) is 0 Å². The van der Waals surface area contributed by atoms with E-state index in [1.165, 1.54) is 17.0 Å². The van der Waals surface area contributed by atoms with Crippen LogP contribution in [0.3, 0.4) is 0 Å². The van der Waals surface area contributed by atoms with Gasteiger partial charge in [-0.3, -0.25) is 0 Å². The minimum absolute atomic E-state index is 0.0383. The highest BCUT2D eigenvalue weighted by atomic mass is 35.5. The number of rotatable bonds is 3. The molecule has 2 N–H and O–H groups in total. The van der Waals surface area contributed by atoms with Crippen molar-refractivity contribution in [2.45, 2.75) is 6.92 Å². The van der Waals surface area contributed by atoms with Crippen molar-refractivity contribution in [2.75, 3.05) is 18.9 Å². The molecule has 0 aromatic heterocycles. The molecule has 0 heterocycles. The molecular formula is C11H13ClN2O3. The van der Waals surface area contributed by atoms with E-state index in [-0.39, 0.29) is 16.6 Å². The summed E-state index contributed by atoms with van der Waals surface area (Å²) in [5.41, 5.74) is 0.362. The number of carbonyl (C=O) groups is 2. The molecule has 0 aliphatic rings. The molecule has 17 heavy (non-hydrogen) atoms. The van der Waals surface area contributed by atoms with Crippen LogP contribution in [0, 0.1) is 0 Å². The quantitative estimate of drug-likeness (QED) is 0.873. The van der Waals surface area contributed by atoms with Gasteiger partial charge in [-0.1, -0.05) is 11.6 Å².